The predicted molar refractivity (Wildman–Crippen MR) is 29.1 cm³/mol. The monoisotopic (exact) mass is 132 g/mol. The summed E-state index contributed by atoms with van der Waals surface area (Å²) in [5, 5.41) is 8.04. The number of hydrogen-bond donors (Lipinski definition) is 1. The lowest BCUT2D eigenvalue weighted by Gasteiger charge is -1.93. The van der Waals surface area contributed by atoms with E-state index in [1.165, 1.54) is 0 Å². The summed E-state index contributed by atoms with van der Waals surface area (Å²) in [5.74, 6) is -0.916. The van der Waals surface area contributed by atoms with Crippen molar-refractivity contribution in [1.29, 1.82) is 0 Å². The van der Waals surface area contributed by atoms with Gasteiger partial charge in [-0.2, -0.15) is 0 Å². The molecule has 0 atom stereocenters. The minimum atomic E-state index is -0.916. The van der Waals surface area contributed by atoms with Crippen LogP contribution in [0.1, 0.15) is 6.42 Å². The smallest absolute Gasteiger partial charge is 0.305 e. The molecule has 0 aliphatic carbocycles. The molecular weight excluding hydrogens is 124 g/mol. The summed E-state index contributed by atoms with van der Waals surface area (Å²) in [7, 11) is 0. The lowest BCUT2D eigenvalue weighted by molar-refractivity contribution is -0.138. The highest BCUT2D eigenvalue weighted by molar-refractivity contribution is 5.66. The van der Waals surface area contributed by atoms with Gasteiger partial charge in [0.2, 0.25) is 0 Å². The molecule has 0 aromatic carbocycles. The van der Waals surface area contributed by atoms with E-state index in [1.54, 1.807) is 0 Å². The number of carbonyl (C=O) groups excluding carboxylic acids is 1. The molecule has 1 N–H and O–H groups in total. The van der Waals surface area contributed by atoms with Crippen molar-refractivity contribution in [2.45, 2.75) is 6.42 Å². The molecular formula is C5H8O4. The molecule has 0 spiro atoms. The zero-order chi connectivity index (χ0) is 7.11. The van der Waals surface area contributed by atoms with Crippen LogP contribution in [0.4, 0.5) is 0 Å². The Bertz CT molecular complexity index is 99.1. The number of carbonyl (C=O) groups is 2. The van der Waals surface area contributed by atoms with Crippen LogP contribution in [0.15, 0.2) is 0 Å². The average Bonchev–Trinajstić information content (AvgIpc) is 1.80. The number of carboxylic acid groups (broad SMARTS) is 1. The molecule has 0 unspecified atom stereocenters. The number of rotatable bonds is 5. The largest absolute Gasteiger partial charge is 0.481 e. The molecule has 4 nitrogen and oxygen atoms in total. The van der Waals surface area contributed by atoms with E-state index in [9.17, 15) is 9.59 Å². The van der Waals surface area contributed by atoms with Gasteiger partial charge < -0.3 is 14.6 Å². The molecule has 0 heterocycles. The fourth-order valence-corrected chi connectivity index (χ4v) is 0.291. The SMILES string of the molecule is O=CCOCCC(=O)O. The Hall–Kier alpha value is -0.900. The third kappa shape index (κ3) is 7.10. The molecule has 0 amide bonds. The van der Waals surface area contributed by atoms with Crippen LogP contribution < -0.4 is 0 Å². The van der Waals surface area contributed by atoms with Crippen LogP contribution in [0.5, 0.6) is 0 Å². The number of hydrogen-bond acceptors (Lipinski definition) is 3. The summed E-state index contributed by atoms with van der Waals surface area (Å²) in [6.07, 6.45) is 0.537. The number of aliphatic carboxylic acids is 1. The first kappa shape index (κ1) is 8.10. The maximum absolute atomic E-state index is 9.79. The number of ether oxygens (including phenoxy) is 1. The minimum absolute atomic E-state index is 0.0206. The van der Waals surface area contributed by atoms with Gasteiger partial charge in [0, 0.05) is 0 Å². The Balaban J connectivity index is 2.91. The third-order valence-corrected chi connectivity index (χ3v) is 0.646. The van der Waals surface area contributed by atoms with E-state index in [1.807, 2.05) is 0 Å². The topological polar surface area (TPSA) is 63.6 Å². The zero-order valence-corrected chi connectivity index (χ0v) is 4.87. The fourth-order valence-electron chi connectivity index (χ4n) is 0.291. The molecule has 52 valence electrons. The van der Waals surface area contributed by atoms with Crippen LogP contribution in [0.3, 0.4) is 0 Å². The van der Waals surface area contributed by atoms with E-state index in [4.69, 9.17) is 5.11 Å². The summed E-state index contributed by atoms with van der Waals surface area (Å²) < 4.78 is 4.54. The average molecular weight is 132 g/mol. The summed E-state index contributed by atoms with van der Waals surface area (Å²) in [6.45, 7) is 0.0847. The van der Waals surface area contributed by atoms with E-state index in [0.29, 0.717) is 6.29 Å². The van der Waals surface area contributed by atoms with Crippen LogP contribution in [-0.2, 0) is 14.3 Å². The first-order valence-corrected chi connectivity index (χ1v) is 2.50. The van der Waals surface area contributed by atoms with Crippen molar-refractivity contribution in [2.75, 3.05) is 13.2 Å². The minimum Gasteiger partial charge on any atom is -0.481 e. The van der Waals surface area contributed by atoms with Gasteiger partial charge in [-0.1, -0.05) is 0 Å². The molecule has 0 saturated heterocycles. The second-order valence-corrected chi connectivity index (χ2v) is 1.39. The number of aldehydes is 1. The first-order valence-electron chi connectivity index (χ1n) is 2.50. The standard InChI is InChI=1S/C5H8O4/c6-2-4-9-3-1-5(7)8/h2H,1,3-4H2,(H,7,8). The number of carboxylic acids is 1. The molecule has 0 aromatic rings. The van der Waals surface area contributed by atoms with Gasteiger partial charge in [-0.3, -0.25) is 4.79 Å². The predicted octanol–water partition coefficient (Wildman–Crippen LogP) is -0.323. The fraction of sp³-hybridized carbons (Fsp3) is 0.600. The molecule has 0 saturated carbocycles. The highest BCUT2D eigenvalue weighted by Crippen LogP contribution is 1.79. The third-order valence-electron chi connectivity index (χ3n) is 0.646. The Kier molecular flexibility index (Phi) is 4.72. The maximum Gasteiger partial charge on any atom is 0.305 e. The van der Waals surface area contributed by atoms with Crippen molar-refractivity contribution in [3.63, 3.8) is 0 Å². The quantitative estimate of drug-likeness (QED) is 0.411. The Labute approximate surface area is 52.4 Å². The van der Waals surface area contributed by atoms with Crippen molar-refractivity contribution < 1.29 is 19.4 Å². The molecule has 9 heavy (non-hydrogen) atoms. The van der Waals surface area contributed by atoms with Gasteiger partial charge in [-0.25, -0.2) is 0 Å². The van der Waals surface area contributed by atoms with Crippen LogP contribution in [0.2, 0.25) is 0 Å². The first-order chi connectivity index (χ1) is 4.27. The van der Waals surface area contributed by atoms with Gasteiger partial charge in [0.1, 0.15) is 12.9 Å². The van der Waals surface area contributed by atoms with Crippen molar-refractivity contribution in [3.8, 4) is 0 Å². The van der Waals surface area contributed by atoms with Gasteiger partial charge >= 0.3 is 5.97 Å². The lowest BCUT2D eigenvalue weighted by Crippen LogP contribution is -2.03. The molecule has 0 bridgehead atoms. The molecule has 0 rings (SSSR count). The molecule has 4 heteroatoms. The highest BCUT2D eigenvalue weighted by atomic mass is 16.5. The summed E-state index contributed by atoms with van der Waals surface area (Å²) in [4.78, 5) is 19.4. The van der Waals surface area contributed by atoms with Gasteiger partial charge in [0.25, 0.3) is 0 Å². The second-order valence-electron chi connectivity index (χ2n) is 1.39. The summed E-state index contributed by atoms with van der Waals surface area (Å²) in [5.41, 5.74) is 0. The van der Waals surface area contributed by atoms with Gasteiger partial charge in [0.05, 0.1) is 13.0 Å². The van der Waals surface area contributed by atoms with E-state index in [0.717, 1.165) is 0 Å². The van der Waals surface area contributed by atoms with Crippen molar-refractivity contribution in [2.24, 2.45) is 0 Å². The van der Waals surface area contributed by atoms with Crippen molar-refractivity contribution in [1.82, 2.24) is 0 Å². The van der Waals surface area contributed by atoms with Gasteiger partial charge in [-0.05, 0) is 0 Å². The summed E-state index contributed by atoms with van der Waals surface area (Å²) >= 11 is 0. The summed E-state index contributed by atoms with van der Waals surface area (Å²) in [6, 6.07) is 0. The van der Waals surface area contributed by atoms with Crippen LogP contribution in [-0.4, -0.2) is 30.6 Å². The highest BCUT2D eigenvalue weighted by Gasteiger charge is 1.93. The molecule has 0 fully saturated rings. The van der Waals surface area contributed by atoms with Gasteiger partial charge in [0.15, 0.2) is 0 Å². The van der Waals surface area contributed by atoms with Crippen LogP contribution >= 0.6 is 0 Å². The molecule has 0 aliphatic heterocycles. The van der Waals surface area contributed by atoms with Crippen LogP contribution in [0, 0.1) is 0 Å². The van der Waals surface area contributed by atoms with E-state index in [2.05, 4.69) is 4.74 Å². The molecule has 0 radical (unpaired) electrons. The van der Waals surface area contributed by atoms with Gasteiger partial charge in [-0.15, -0.1) is 0 Å². The Morgan fingerprint density at radius 1 is 1.67 bits per heavy atom. The van der Waals surface area contributed by atoms with Crippen molar-refractivity contribution in [3.05, 3.63) is 0 Å². The van der Waals surface area contributed by atoms with E-state index in [-0.39, 0.29) is 19.6 Å². The Morgan fingerprint density at radius 2 is 2.33 bits per heavy atom. The van der Waals surface area contributed by atoms with E-state index >= 15 is 0 Å². The van der Waals surface area contributed by atoms with Crippen molar-refractivity contribution >= 4 is 12.3 Å². The zero-order valence-electron chi connectivity index (χ0n) is 4.87. The molecule has 0 aromatic heterocycles. The van der Waals surface area contributed by atoms with E-state index < -0.39 is 5.97 Å². The Morgan fingerprint density at radius 3 is 2.78 bits per heavy atom. The normalized spacial score (nSPS) is 8.89. The van der Waals surface area contributed by atoms with Crippen LogP contribution in [0.25, 0.3) is 0 Å². The molecule has 0 aliphatic rings. The maximum atomic E-state index is 9.79. The lowest BCUT2D eigenvalue weighted by atomic mass is 10.5. The second kappa shape index (κ2) is 5.24.